The van der Waals surface area contributed by atoms with E-state index in [1.54, 1.807) is 32.9 Å². The predicted molar refractivity (Wildman–Crippen MR) is 77.8 cm³/mol. The molecule has 1 amide bonds. The summed E-state index contributed by atoms with van der Waals surface area (Å²) in [6, 6.07) is 5.35. The van der Waals surface area contributed by atoms with Crippen molar-refractivity contribution in [2.24, 2.45) is 11.1 Å². The van der Waals surface area contributed by atoms with Crippen molar-refractivity contribution in [1.82, 2.24) is 9.55 Å². The largest absolute Gasteiger partial charge is 0.399 e. The number of amides is 1. The molecule has 5 N–H and O–H groups in total. The molecule has 1 aromatic carbocycles. The minimum absolute atomic E-state index is 0.350. The summed E-state index contributed by atoms with van der Waals surface area (Å²) in [4.78, 5) is 15.9. The van der Waals surface area contributed by atoms with Gasteiger partial charge in [-0.3, -0.25) is 4.79 Å². The summed E-state index contributed by atoms with van der Waals surface area (Å²) < 4.78 is 1.82. The Morgan fingerprint density at radius 2 is 2.15 bits per heavy atom. The summed E-state index contributed by atoms with van der Waals surface area (Å²) >= 11 is 0. The molecular formula is C14H20N4O2. The number of carbonyl (C=O) groups is 1. The third-order valence-corrected chi connectivity index (χ3v) is 3.40. The molecule has 1 unspecified atom stereocenters. The van der Waals surface area contributed by atoms with Crippen LogP contribution in [-0.4, -0.2) is 20.6 Å². The van der Waals surface area contributed by atoms with Gasteiger partial charge in [0.05, 0.1) is 16.4 Å². The third-order valence-electron chi connectivity index (χ3n) is 3.40. The molecule has 6 nitrogen and oxygen atoms in total. The standard InChI is InChI=1S/C14H20N4O2/c1-8(19)12-17-10-6-9(15)4-5-11(10)18(12)7-14(2,3)13(16)20/h4-6,8,19H,7,15H2,1-3H3,(H2,16,20). The Kier molecular flexibility index (Phi) is 3.43. The lowest BCUT2D eigenvalue weighted by Gasteiger charge is -2.23. The highest BCUT2D eigenvalue weighted by molar-refractivity contribution is 5.82. The summed E-state index contributed by atoms with van der Waals surface area (Å²) in [6.45, 7) is 5.52. The van der Waals surface area contributed by atoms with Gasteiger partial charge in [0, 0.05) is 12.2 Å². The fourth-order valence-corrected chi connectivity index (χ4v) is 2.12. The van der Waals surface area contributed by atoms with E-state index in [0.29, 0.717) is 23.6 Å². The molecule has 0 saturated carbocycles. The Balaban J connectivity index is 2.60. The van der Waals surface area contributed by atoms with Gasteiger partial charge in [-0.2, -0.15) is 0 Å². The minimum Gasteiger partial charge on any atom is -0.399 e. The molecule has 0 spiro atoms. The molecule has 0 aliphatic carbocycles. The molecular weight excluding hydrogens is 256 g/mol. The number of hydrogen-bond acceptors (Lipinski definition) is 4. The van der Waals surface area contributed by atoms with Gasteiger partial charge in [0.25, 0.3) is 0 Å². The first kappa shape index (κ1) is 14.3. The van der Waals surface area contributed by atoms with E-state index in [1.807, 2.05) is 10.6 Å². The smallest absolute Gasteiger partial charge is 0.224 e. The zero-order valence-corrected chi connectivity index (χ0v) is 11.9. The van der Waals surface area contributed by atoms with Crippen LogP contribution in [-0.2, 0) is 11.3 Å². The molecule has 0 saturated heterocycles. The zero-order valence-electron chi connectivity index (χ0n) is 11.9. The highest BCUT2D eigenvalue weighted by atomic mass is 16.3. The summed E-state index contributed by atoms with van der Waals surface area (Å²) in [5.41, 5.74) is 12.6. The quantitative estimate of drug-likeness (QED) is 0.729. The van der Waals surface area contributed by atoms with Gasteiger partial charge in [0.15, 0.2) is 0 Å². The Morgan fingerprint density at radius 3 is 2.70 bits per heavy atom. The highest BCUT2D eigenvalue weighted by Crippen LogP contribution is 2.27. The van der Waals surface area contributed by atoms with Crippen molar-refractivity contribution in [2.75, 3.05) is 5.73 Å². The number of hydrogen-bond donors (Lipinski definition) is 3. The summed E-state index contributed by atoms with van der Waals surface area (Å²) in [5.74, 6) is 0.103. The maximum atomic E-state index is 11.5. The van der Waals surface area contributed by atoms with Gasteiger partial charge in [0.1, 0.15) is 11.9 Å². The average Bonchev–Trinajstić information content (AvgIpc) is 2.66. The molecule has 0 fully saturated rings. The molecule has 2 aromatic rings. The van der Waals surface area contributed by atoms with Crippen LogP contribution in [0.3, 0.4) is 0 Å². The summed E-state index contributed by atoms with van der Waals surface area (Å²) in [6.07, 6.45) is -0.743. The van der Waals surface area contributed by atoms with Crippen molar-refractivity contribution in [3.8, 4) is 0 Å². The van der Waals surface area contributed by atoms with Crippen LogP contribution in [0.15, 0.2) is 18.2 Å². The number of aliphatic hydroxyl groups excluding tert-OH is 1. The Hall–Kier alpha value is -2.08. The number of imidazole rings is 1. The lowest BCUT2D eigenvalue weighted by atomic mass is 9.92. The van der Waals surface area contributed by atoms with Crippen LogP contribution in [0.25, 0.3) is 11.0 Å². The first-order valence-corrected chi connectivity index (χ1v) is 6.46. The number of nitrogens with two attached hydrogens (primary N) is 2. The lowest BCUT2D eigenvalue weighted by molar-refractivity contribution is -0.126. The van der Waals surface area contributed by atoms with Crippen molar-refractivity contribution in [3.63, 3.8) is 0 Å². The van der Waals surface area contributed by atoms with Crippen LogP contribution in [0.2, 0.25) is 0 Å². The van der Waals surface area contributed by atoms with Crippen molar-refractivity contribution in [1.29, 1.82) is 0 Å². The first-order valence-electron chi connectivity index (χ1n) is 6.46. The normalized spacial score (nSPS) is 13.6. The number of carbonyl (C=O) groups excluding carboxylic acids is 1. The van der Waals surface area contributed by atoms with Crippen molar-refractivity contribution in [2.45, 2.75) is 33.4 Å². The second-order valence-corrected chi connectivity index (χ2v) is 5.73. The number of rotatable bonds is 4. The number of anilines is 1. The topological polar surface area (TPSA) is 107 Å². The van der Waals surface area contributed by atoms with Crippen LogP contribution < -0.4 is 11.5 Å². The number of aromatic nitrogens is 2. The fraction of sp³-hybridized carbons (Fsp3) is 0.429. The molecule has 6 heteroatoms. The van der Waals surface area contributed by atoms with Gasteiger partial charge < -0.3 is 21.1 Å². The van der Waals surface area contributed by atoms with E-state index >= 15 is 0 Å². The van der Waals surface area contributed by atoms with Gasteiger partial charge in [-0.1, -0.05) is 0 Å². The summed E-state index contributed by atoms with van der Waals surface area (Å²) in [5, 5.41) is 9.88. The average molecular weight is 276 g/mol. The van der Waals surface area contributed by atoms with E-state index in [1.165, 1.54) is 0 Å². The molecule has 2 rings (SSSR count). The molecule has 1 atom stereocenters. The highest BCUT2D eigenvalue weighted by Gasteiger charge is 2.28. The number of primary amides is 1. The Morgan fingerprint density at radius 1 is 1.50 bits per heavy atom. The molecule has 0 aliphatic rings. The molecule has 0 bridgehead atoms. The summed E-state index contributed by atoms with van der Waals surface area (Å²) in [7, 11) is 0. The lowest BCUT2D eigenvalue weighted by Crippen LogP contribution is -2.35. The van der Waals surface area contributed by atoms with E-state index < -0.39 is 17.4 Å². The maximum absolute atomic E-state index is 11.5. The number of nitrogens with zero attached hydrogens (tertiary/aromatic N) is 2. The monoisotopic (exact) mass is 276 g/mol. The van der Waals surface area contributed by atoms with E-state index in [4.69, 9.17) is 11.5 Å². The predicted octanol–water partition coefficient (Wildman–Crippen LogP) is 1.18. The van der Waals surface area contributed by atoms with E-state index in [2.05, 4.69) is 4.98 Å². The van der Waals surface area contributed by atoms with Crippen LogP contribution >= 0.6 is 0 Å². The molecule has 1 heterocycles. The Bertz CT molecular complexity index is 658. The molecule has 1 aromatic heterocycles. The second kappa shape index (κ2) is 4.79. The van der Waals surface area contributed by atoms with Crippen molar-refractivity contribution >= 4 is 22.6 Å². The van der Waals surface area contributed by atoms with Gasteiger partial charge in [0.2, 0.25) is 5.91 Å². The van der Waals surface area contributed by atoms with E-state index in [-0.39, 0.29) is 0 Å². The number of benzene rings is 1. The maximum Gasteiger partial charge on any atom is 0.224 e. The Labute approximate surface area is 117 Å². The first-order chi connectivity index (χ1) is 9.22. The van der Waals surface area contributed by atoms with Gasteiger partial charge in [-0.25, -0.2) is 4.98 Å². The van der Waals surface area contributed by atoms with E-state index in [9.17, 15) is 9.90 Å². The molecule has 108 valence electrons. The SMILES string of the molecule is CC(O)c1nc2cc(N)ccc2n1CC(C)(C)C(N)=O. The minimum atomic E-state index is -0.743. The van der Waals surface area contributed by atoms with Crippen molar-refractivity contribution in [3.05, 3.63) is 24.0 Å². The molecule has 0 aliphatic heterocycles. The number of nitrogen functional groups attached to an aromatic ring is 1. The zero-order chi connectivity index (χ0) is 15.1. The van der Waals surface area contributed by atoms with Crippen LogP contribution in [0.1, 0.15) is 32.7 Å². The van der Waals surface area contributed by atoms with Gasteiger partial charge in [-0.15, -0.1) is 0 Å². The van der Waals surface area contributed by atoms with Crippen LogP contribution in [0.5, 0.6) is 0 Å². The molecule has 20 heavy (non-hydrogen) atoms. The third kappa shape index (κ3) is 2.46. The van der Waals surface area contributed by atoms with Gasteiger partial charge in [-0.05, 0) is 39.0 Å². The molecule has 0 radical (unpaired) electrons. The second-order valence-electron chi connectivity index (χ2n) is 5.73. The van der Waals surface area contributed by atoms with E-state index in [0.717, 1.165) is 5.52 Å². The van der Waals surface area contributed by atoms with Gasteiger partial charge >= 0.3 is 0 Å². The number of fused-ring (bicyclic) bond motifs is 1. The fourth-order valence-electron chi connectivity index (χ4n) is 2.12. The van der Waals surface area contributed by atoms with Crippen LogP contribution in [0, 0.1) is 5.41 Å². The van der Waals surface area contributed by atoms with Crippen molar-refractivity contribution < 1.29 is 9.90 Å². The van der Waals surface area contributed by atoms with Crippen LogP contribution in [0.4, 0.5) is 5.69 Å². The number of aliphatic hydroxyl groups is 1.